The third-order valence-corrected chi connectivity index (χ3v) is 5.15. The van der Waals surface area contributed by atoms with Gasteiger partial charge in [0.15, 0.2) is 0 Å². The van der Waals surface area contributed by atoms with E-state index in [-0.39, 0.29) is 6.04 Å². The average Bonchev–Trinajstić information content (AvgIpc) is 2.87. The van der Waals surface area contributed by atoms with Gasteiger partial charge in [-0.25, -0.2) is 0 Å². The van der Waals surface area contributed by atoms with E-state index in [0.29, 0.717) is 0 Å². The topological polar surface area (TPSA) is 26.0 Å². The second kappa shape index (κ2) is 4.52. The molecule has 1 unspecified atom stereocenters. The highest BCUT2D eigenvalue weighted by molar-refractivity contribution is 7.12. The van der Waals surface area contributed by atoms with Crippen LogP contribution in [0.1, 0.15) is 44.5 Å². The number of nitrogens with two attached hydrogens (primary N) is 1. The predicted octanol–water partition coefficient (Wildman–Crippen LogP) is 3.90. The van der Waals surface area contributed by atoms with Crippen LogP contribution >= 0.6 is 11.3 Å². The Morgan fingerprint density at radius 1 is 1.17 bits per heavy atom. The minimum atomic E-state index is 0.0428. The average molecular weight is 257 g/mol. The Morgan fingerprint density at radius 3 is 2.72 bits per heavy atom. The molecule has 0 saturated carbocycles. The lowest BCUT2D eigenvalue weighted by molar-refractivity contribution is 0.872. The van der Waals surface area contributed by atoms with Crippen LogP contribution in [0.5, 0.6) is 0 Å². The maximum atomic E-state index is 6.44. The highest BCUT2D eigenvalue weighted by atomic mass is 32.1. The summed E-state index contributed by atoms with van der Waals surface area (Å²) in [5, 5.41) is 0. The van der Waals surface area contributed by atoms with Gasteiger partial charge in [0, 0.05) is 9.75 Å². The first kappa shape index (κ1) is 11.9. The first-order valence-electron chi connectivity index (χ1n) is 6.59. The van der Waals surface area contributed by atoms with E-state index >= 15 is 0 Å². The lowest BCUT2D eigenvalue weighted by atomic mass is 9.98. The van der Waals surface area contributed by atoms with E-state index < -0.39 is 0 Å². The van der Waals surface area contributed by atoms with Crippen LogP contribution in [-0.2, 0) is 12.8 Å². The molecule has 0 aliphatic heterocycles. The fraction of sp³-hybridized carbons (Fsp3) is 0.375. The molecule has 1 nitrogen and oxygen atoms in total. The van der Waals surface area contributed by atoms with Gasteiger partial charge in [0.1, 0.15) is 0 Å². The van der Waals surface area contributed by atoms with E-state index in [2.05, 4.69) is 38.1 Å². The van der Waals surface area contributed by atoms with Crippen LogP contribution in [0.25, 0.3) is 0 Å². The number of fused-ring (bicyclic) bond motifs is 1. The molecule has 1 aliphatic rings. The lowest BCUT2D eigenvalue weighted by Crippen LogP contribution is -2.11. The van der Waals surface area contributed by atoms with Crippen molar-refractivity contribution >= 4 is 11.3 Å². The largest absolute Gasteiger partial charge is 0.320 e. The molecule has 18 heavy (non-hydrogen) atoms. The van der Waals surface area contributed by atoms with Crippen LogP contribution in [0.15, 0.2) is 24.3 Å². The summed E-state index contributed by atoms with van der Waals surface area (Å²) in [4.78, 5) is 2.89. The van der Waals surface area contributed by atoms with E-state index in [9.17, 15) is 0 Å². The van der Waals surface area contributed by atoms with Gasteiger partial charge >= 0.3 is 0 Å². The standard InChI is InChI=1S/C16H19NS/c1-10-6-7-13(11(2)8-10)16(17)15-9-12-4-3-5-14(12)18-15/h6-9,16H,3-5,17H2,1-2H3. The molecule has 3 rings (SSSR count). The molecule has 1 heterocycles. The van der Waals surface area contributed by atoms with Crippen molar-refractivity contribution < 1.29 is 0 Å². The molecule has 2 heteroatoms. The highest BCUT2D eigenvalue weighted by Gasteiger charge is 2.19. The molecule has 0 bridgehead atoms. The summed E-state index contributed by atoms with van der Waals surface area (Å²) in [6.45, 7) is 4.28. The van der Waals surface area contributed by atoms with Crippen LogP contribution < -0.4 is 5.73 Å². The van der Waals surface area contributed by atoms with Crippen molar-refractivity contribution in [3.05, 3.63) is 56.3 Å². The number of aryl methyl sites for hydroxylation is 4. The molecule has 0 spiro atoms. The Balaban J connectivity index is 1.95. The van der Waals surface area contributed by atoms with E-state index in [1.807, 2.05) is 11.3 Å². The van der Waals surface area contributed by atoms with Crippen LogP contribution in [0.4, 0.5) is 0 Å². The number of thiophene rings is 1. The van der Waals surface area contributed by atoms with Crippen LogP contribution in [0.3, 0.4) is 0 Å². The molecule has 1 aromatic heterocycles. The van der Waals surface area contributed by atoms with Gasteiger partial charge in [0.05, 0.1) is 6.04 Å². The molecule has 1 atom stereocenters. The maximum absolute atomic E-state index is 6.44. The second-order valence-corrected chi connectivity index (χ2v) is 6.46. The third kappa shape index (κ3) is 2.00. The molecule has 1 aromatic carbocycles. The van der Waals surface area contributed by atoms with Crippen molar-refractivity contribution in [3.8, 4) is 0 Å². The zero-order chi connectivity index (χ0) is 12.7. The minimum absolute atomic E-state index is 0.0428. The fourth-order valence-corrected chi connectivity index (χ4v) is 4.11. The molecular formula is C16H19NS. The van der Waals surface area contributed by atoms with Crippen molar-refractivity contribution in [1.29, 1.82) is 0 Å². The normalized spacial score (nSPS) is 15.7. The van der Waals surface area contributed by atoms with Gasteiger partial charge in [-0.05, 0) is 55.9 Å². The van der Waals surface area contributed by atoms with Gasteiger partial charge in [-0.3, -0.25) is 0 Å². The fourth-order valence-electron chi connectivity index (χ4n) is 2.83. The zero-order valence-electron chi connectivity index (χ0n) is 11.0. The predicted molar refractivity (Wildman–Crippen MR) is 78.3 cm³/mol. The summed E-state index contributed by atoms with van der Waals surface area (Å²) >= 11 is 1.91. The summed E-state index contributed by atoms with van der Waals surface area (Å²) in [5.74, 6) is 0. The zero-order valence-corrected chi connectivity index (χ0v) is 11.8. The van der Waals surface area contributed by atoms with Gasteiger partial charge < -0.3 is 5.73 Å². The number of hydrogen-bond acceptors (Lipinski definition) is 2. The minimum Gasteiger partial charge on any atom is -0.320 e. The molecular weight excluding hydrogens is 238 g/mol. The first-order valence-corrected chi connectivity index (χ1v) is 7.41. The third-order valence-electron chi connectivity index (χ3n) is 3.83. The van der Waals surface area contributed by atoms with E-state index in [0.717, 1.165) is 0 Å². The van der Waals surface area contributed by atoms with Crippen molar-refractivity contribution in [2.24, 2.45) is 5.73 Å². The van der Waals surface area contributed by atoms with Crippen molar-refractivity contribution in [2.45, 2.75) is 39.2 Å². The van der Waals surface area contributed by atoms with Gasteiger partial charge in [-0.1, -0.05) is 23.8 Å². The summed E-state index contributed by atoms with van der Waals surface area (Å²) < 4.78 is 0. The van der Waals surface area contributed by atoms with Crippen LogP contribution in [-0.4, -0.2) is 0 Å². The first-order chi connectivity index (χ1) is 8.65. The van der Waals surface area contributed by atoms with Gasteiger partial charge in [-0.2, -0.15) is 0 Å². The highest BCUT2D eigenvalue weighted by Crippen LogP contribution is 2.35. The Kier molecular flexibility index (Phi) is 3.00. The Hall–Kier alpha value is -1.12. The van der Waals surface area contributed by atoms with E-state index in [1.165, 1.54) is 46.4 Å². The Bertz CT molecular complexity index is 561. The monoisotopic (exact) mass is 257 g/mol. The van der Waals surface area contributed by atoms with Gasteiger partial charge in [0.25, 0.3) is 0 Å². The van der Waals surface area contributed by atoms with E-state index in [4.69, 9.17) is 5.73 Å². The molecule has 2 N–H and O–H groups in total. The molecule has 0 fully saturated rings. The molecule has 1 aliphatic carbocycles. The smallest absolute Gasteiger partial charge is 0.0648 e. The lowest BCUT2D eigenvalue weighted by Gasteiger charge is -2.14. The molecule has 0 radical (unpaired) electrons. The van der Waals surface area contributed by atoms with Crippen LogP contribution in [0, 0.1) is 13.8 Å². The maximum Gasteiger partial charge on any atom is 0.0648 e. The summed E-state index contributed by atoms with van der Waals surface area (Å²) in [6.07, 6.45) is 3.81. The van der Waals surface area contributed by atoms with E-state index in [1.54, 1.807) is 4.88 Å². The SMILES string of the molecule is Cc1ccc(C(N)c2cc3c(s2)CCC3)c(C)c1. The molecule has 2 aromatic rings. The Morgan fingerprint density at radius 2 is 2.00 bits per heavy atom. The van der Waals surface area contributed by atoms with Crippen LogP contribution in [0.2, 0.25) is 0 Å². The Labute approximate surface area is 113 Å². The summed E-state index contributed by atoms with van der Waals surface area (Å²) in [7, 11) is 0. The molecule has 0 amide bonds. The number of rotatable bonds is 2. The second-order valence-electron chi connectivity index (χ2n) is 5.29. The van der Waals surface area contributed by atoms with Gasteiger partial charge in [0.2, 0.25) is 0 Å². The quantitative estimate of drug-likeness (QED) is 0.867. The number of benzene rings is 1. The van der Waals surface area contributed by atoms with Crippen molar-refractivity contribution in [3.63, 3.8) is 0 Å². The molecule has 94 valence electrons. The number of hydrogen-bond donors (Lipinski definition) is 1. The summed E-state index contributed by atoms with van der Waals surface area (Å²) in [6, 6.07) is 8.93. The molecule has 0 saturated heterocycles. The van der Waals surface area contributed by atoms with Gasteiger partial charge in [-0.15, -0.1) is 11.3 Å². The van der Waals surface area contributed by atoms with Crippen molar-refractivity contribution in [1.82, 2.24) is 0 Å². The van der Waals surface area contributed by atoms with Crippen molar-refractivity contribution in [2.75, 3.05) is 0 Å². The summed E-state index contributed by atoms with van der Waals surface area (Å²) in [5.41, 5.74) is 11.8.